The van der Waals surface area contributed by atoms with E-state index in [1.54, 1.807) is 4.90 Å². The van der Waals surface area contributed by atoms with Crippen molar-refractivity contribution in [2.24, 2.45) is 5.41 Å². The summed E-state index contributed by atoms with van der Waals surface area (Å²) in [6.45, 7) is 9.26. The van der Waals surface area contributed by atoms with Gasteiger partial charge in [0, 0.05) is 37.3 Å². The highest BCUT2D eigenvalue weighted by molar-refractivity contribution is 6.05. The summed E-state index contributed by atoms with van der Waals surface area (Å²) in [6.07, 6.45) is 0.800. The standard InChI is InChI=1S/C21H27N3O4/c1-21(2,3)17-12-23(8-9-28-17)14-4-5-15-13(10-14)11-24(20(15)27)16-6-7-18(25)22-19(16)26/h4-5,10,16-17H,6-9,11-12H2,1-3H3,(H,22,25,26). The first-order valence-electron chi connectivity index (χ1n) is 9.88. The molecule has 0 spiro atoms. The van der Waals surface area contributed by atoms with Gasteiger partial charge in [-0.25, -0.2) is 0 Å². The molecule has 4 rings (SSSR count). The minimum atomic E-state index is -0.574. The molecule has 1 N–H and O–H groups in total. The third-order valence-electron chi connectivity index (χ3n) is 5.90. The van der Waals surface area contributed by atoms with Crippen molar-refractivity contribution in [3.05, 3.63) is 29.3 Å². The summed E-state index contributed by atoms with van der Waals surface area (Å²) >= 11 is 0. The minimum absolute atomic E-state index is 0.0634. The molecule has 3 amide bonds. The second kappa shape index (κ2) is 6.88. The van der Waals surface area contributed by atoms with Gasteiger partial charge in [0.15, 0.2) is 0 Å². The fourth-order valence-corrected chi connectivity index (χ4v) is 4.17. The molecule has 0 aliphatic carbocycles. The Morgan fingerprint density at radius 3 is 2.68 bits per heavy atom. The monoisotopic (exact) mass is 385 g/mol. The third kappa shape index (κ3) is 3.39. The number of hydrogen-bond donors (Lipinski definition) is 1. The minimum Gasteiger partial charge on any atom is -0.374 e. The van der Waals surface area contributed by atoms with E-state index in [2.05, 4.69) is 37.1 Å². The van der Waals surface area contributed by atoms with Crippen LogP contribution in [-0.2, 0) is 20.9 Å². The lowest BCUT2D eigenvalue weighted by atomic mass is 9.88. The van der Waals surface area contributed by atoms with Crippen molar-refractivity contribution in [2.75, 3.05) is 24.6 Å². The van der Waals surface area contributed by atoms with Crippen LogP contribution in [0.4, 0.5) is 5.69 Å². The molecule has 3 aliphatic rings. The first kappa shape index (κ1) is 18.9. The van der Waals surface area contributed by atoms with Crippen LogP contribution in [0.15, 0.2) is 18.2 Å². The Hall–Kier alpha value is -2.41. The lowest BCUT2D eigenvalue weighted by molar-refractivity contribution is -0.136. The Bertz CT molecular complexity index is 829. The number of rotatable bonds is 2. The van der Waals surface area contributed by atoms with Gasteiger partial charge >= 0.3 is 0 Å². The number of benzene rings is 1. The second-order valence-electron chi connectivity index (χ2n) is 8.91. The molecular weight excluding hydrogens is 358 g/mol. The fraction of sp³-hybridized carbons (Fsp3) is 0.571. The zero-order valence-corrected chi connectivity index (χ0v) is 16.7. The number of ether oxygens (including phenoxy) is 1. The van der Waals surface area contributed by atoms with E-state index in [1.165, 1.54) is 0 Å². The number of carbonyl (C=O) groups excluding carboxylic acids is 3. The van der Waals surface area contributed by atoms with Crippen LogP contribution in [0.1, 0.15) is 49.5 Å². The number of nitrogens with one attached hydrogen (secondary N) is 1. The summed E-state index contributed by atoms with van der Waals surface area (Å²) in [7, 11) is 0. The highest BCUT2D eigenvalue weighted by atomic mass is 16.5. The topological polar surface area (TPSA) is 79.0 Å². The molecule has 2 saturated heterocycles. The van der Waals surface area contributed by atoms with Crippen molar-refractivity contribution in [3.63, 3.8) is 0 Å². The number of imide groups is 1. The van der Waals surface area contributed by atoms with E-state index in [4.69, 9.17) is 4.74 Å². The van der Waals surface area contributed by atoms with E-state index in [0.717, 1.165) is 24.3 Å². The van der Waals surface area contributed by atoms with Crippen LogP contribution in [0.2, 0.25) is 0 Å². The van der Waals surface area contributed by atoms with Crippen molar-refractivity contribution in [3.8, 4) is 0 Å². The Kier molecular flexibility index (Phi) is 4.65. The number of fused-ring (bicyclic) bond motifs is 1. The number of piperidine rings is 1. The molecule has 2 unspecified atom stereocenters. The molecular formula is C21H27N3O4. The first-order chi connectivity index (χ1) is 13.2. The molecule has 1 aromatic rings. The van der Waals surface area contributed by atoms with Crippen LogP contribution in [0, 0.1) is 5.41 Å². The SMILES string of the molecule is CC(C)(C)C1CN(c2ccc3c(c2)CN(C2CCC(=O)NC2=O)C3=O)CCO1. The molecule has 28 heavy (non-hydrogen) atoms. The van der Waals surface area contributed by atoms with Crippen molar-refractivity contribution < 1.29 is 19.1 Å². The second-order valence-corrected chi connectivity index (χ2v) is 8.91. The van der Waals surface area contributed by atoms with Crippen LogP contribution in [-0.4, -0.2) is 54.5 Å². The van der Waals surface area contributed by atoms with Crippen molar-refractivity contribution in [2.45, 2.75) is 52.3 Å². The maximum absolute atomic E-state index is 12.8. The van der Waals surface area contributed by atoms with Crippen LogP contribution in [0.5, 0.6) is 0 Å². The maximum Gasteiger partial charge on any atom is 0.255 e. The molecule has 7 nitrogen and oxygen atoms in total. The summed E-state index contributed by atoms with van der Waals surface area (Å²) in [6, 6.07) is 5.33. The van der Waals surface area contributed by atoms with Gasteiger partial charge in [-0.3, -0.25) is 19.7 Å². The molecule has 0 bridgehead atoms. The molecule has 0 saturated carbocycles. The zero-order valence-electron chi connectivity index (χ0n) is 16.7. The van der Waals surface area contributed by atoms with Crippen molar-refractivity contribution >= 4 is 23.4 Å². The Morgan fingerprint density at radius 2 is 1.96 bits per heavy atom. The number of morpholine rings is 1. The van der Waals surface area contributed by atoms with Gasteiger partial charge in [0.05, 0.1) is 12.7 Å². The maximum atomic E-state index is 12.8. The first-order valence-corrected chi connectivity index (χ1v) is 9.88. The summed E-state index contributed by atoms with van der Waals surface area (Å²) in [5.41, 5.74) is 2.72. The predicted octanol–water partition coefficient (Wildman–Crippen LogP) is 1.70. The van der Waals surface area contributed by atoms with Crippen LogP contribution in [0.3, 0.4) is 0 Å². The zero-order chi connectivity index (χ0) is 20.1. The number of anilines is 1. The quantitative estimate of drug-likeness (QED) is 0.784. The van der Waals surface area contributed by atoms with Crippen molar-refractivity contribution in [1.29, 1.82) is 0 Å². The highest BCUT2D eigenvalue weighted by Gasteiger charge is 2.39. The Morgan fingerprint density at radius 1 is 1.18 bits per heavy atom. The van der Waals surface area contributed by atoms with E-state index in [1.807, 2.05) is 12.1 Å². The van der Waals surface area contributed by atoms with Crippen LogP contribution < -0.4 is 10.2 Å². The number of hydrogen-bond acceptors (Lipinski definition) is 5. The molecule has 3 aliphatic heterocycles. The van der Waals surface area contributed by atoms with E-state index in [-0.39, 0.29) is 35.7 Å². The Labute approximate surface area is 165 Å². The predicted molar refractivity (Wildman–Crippen MR) is 104 cm³/mol. The van der Waals surface area contributed by atoms with Crippen molar-refractivity contribution in [1.82, 2.24) is 10.2 Å². The number of amides is 3. The van der Waals surface area contributed by atoms with Gasteiger partial charge in [-0.15, -0.1) is 0 Å². The van der Waals surface area contributed by atoms with Gasteiger partial charge in [-0.05, 0) is 35.6 Å². The lowest BCUT2D eigenvalue weighted by Gasteiger charge is -2.40. The smallest absolute Gasteiger partial charge is 0.255 e. The largest absolute Gasteiger partial charge is 0.374 e. The molecule has 1 aromatic carbocycles. The molecule has 2 fully saturated rings. The summed E-state index contributed by atoms with van der Waals surface area (Å²) in [4.78, 5) is 40.3. The van der Waals surface area contributed by atoms with Gasteiger partial charge in [0.25, 0.3) is 5.91 Å². The lowest BCUT2D eigenvalue weighted by Crippen LogP contribution is -2.52. The number of nitrogens with zero attached hydrogens (tertiary/aromatic N) is 2. The van der Waals surface area contributed by atoms with Crippen LogP contribution in [0.25, 0.3) is 0 Å². The molecule has 3 heterocycles. The highest BCUT2D eigenvalue weighted by Crippen LogP contribution is 2.32. The average molecular weight is 385 g/mol. The van der Waals surface area contributed by atoms with E-state index in [0.29, 0.717) is 25.1 Å². The number of carbonyl (C=O) groups is 3. The molecule has 150 valence electrons. The van der Waals surface area contributed by atoms with Gasteiger partial charge in [0.2, 0.25) is 11.8 Å². The van der Waals surface area contributed by atoms with E-state index in [9.17, 15) is 14.4 Å². The van der Waals surface area contributed by atoms with Gasteiger partial charge < -0.3 is 14.5 Å². The van der Waals surface area contributed by atoms with E-state index < -0.39 is 6.04 Å². The summed E-state index contributed by atoms with van der Waals surface area (Å²) in [5, 5.41) is 2.34. The summed E-state index contributed by atoms with van der Waals surface area (Å²) < 4.78 is 5.94. The fourth-order valence-electron chi connectivity index (χ4n) is 4.17. The molecule has 2 atom stereocenters. The van der Waals surface area contributed by atoms with E-state index >= 15 is 0 Å². The summed E-state index contributed by atoms with van der Waals surface area (Å²) in [5.74, 6) is -0.780. The van der Waals surface area contributed by atoms with Crippen LogP contribution >= 0.6 is 0 Å². The van der Waals surface area contributed by atoms with Gasteiger partial charge in [-0.1, -0.05) is 20.8 Å². The van der Waals surface area contributed by atoms with Gasteiger partial charge in [-0.2, -0.15) is 0 Å². The normalized spacial score (nSPS) is 25.8. The third-order valence-corrected chi connectivity index (χ3v) is 5.90. The molecule has 7 heteroatoms. The van der Waals surface area contributed by atoms with Gasteiger partial charge in [0.1, 0.15) is 6.04 Å². The molecule has 0 radical (unpaired) electrons. The Balaban J connectivity index is 1.53. The average Bonchev–Trinajstić information content (AvgIpc) is 2.97. The molecule has 0 aromatic heterocycles.